The van der Waals surface area contributed by atoms with Crippen LogP contribution in [0.3, 0.4) is 0 Å². The summed E-state index contributed by atoms with van der Waals surface area (Å²) in [5, 5.41) is 12.0. The summed E-state index contributed by atoms with van der Waals surface area (Å²) in [6.07, 6.45) is -0.0146. The van der Waals surface area contributed by atoms with Crippen LogP contribution >= 0.6 is 35.2 Å². The van der Waals surface area contributed by atoms with Crippen LogP contribution in [0.15, 0.2) is 27.6 Å². The fourth-order valence-corrected chi connectivity index (χ4v) is 3.61. The highest BCUT2D eigenvalue weighted by atomic mass is 35.5. The molecule has 10 heteroatoms. The Bertz CT molecular complexity index is 939. The van der Waals surface area contributed by atoms with Gasteiger partial charge < -0.3 is 10.8 Å². The molecular formula is C15H14ClN5O2S2. The number of nitrogens with zero attached hydrogens (tertiary/aromatic N) is 4. The van der Waals surface area contributed by atoms with Crippen LogP contribution in [0.4, 0.5) is 10.5 Å². The van der Waals surface area contributed by atoms with Crippen LogP contribution < -0.4 is 10.6 Å². The molecule has 2 aromatic heterocycles. The van der Waals surface area contributed by atoms with Gasteiger partial charge in [-0.3, -0.25) is 9.88 Å². The molecule has 0 aromatic carbocycles. The first-order chi connectivity index (χ1) is 11.8. The highest BCUT2D eigenvalue weighted by Gasteiger charge is 2.25. The van der Waals surface area contributed by atoms with Gasteiger partial charge in [-0.15, -0.1) is 11.3 Å². The van der Waals surface area contributed by atoms with Crippen LogP contribution in [0.1, 0.15) is 18.5 Å². The van der Waals surface area contributed by atoms with E-state index in [1.54, 1.807) is 11.6 Å². The minimum absolute atomic E-state index is 0.169. The van der Waals surface area contributed by atoms with Gasteiger partial charge in [0.05, 0.1) is 26.9 Å². The van der Waals surface area contributed by atoms with E-state index in [-0.39, 0.29) is 11.1 Å². The maximum absolute atomic E-state index is 11.2. The van der Waals surface area contributed by atoms with Crippen molar-refractivity contribution >= 4 is 72.9 Å². The summed E-state index contributed by atoms with van der Waals surface area (Å²) in [6, 6.07) is 1.84. The molecule has 3 N–H and O–H groups in total. The maximum atomic E-state index is 11.2. The Balaban J connectivity index is 2.02. The standard InChI is InChI=1S/C15H14ClN5O2S2/c1-6(14-19-12(16)11(24)13(17)20-14)8-3-7-9(21(2)15(22)23)5-25-10(7)4-18-8/h3-6,13H,17H2,1-2H3,(H,22,23). The first-order valence-corrected chi connectivity index (χ1v) is 8.91. The summed E-state index contributed by atoms with van der Waals surface area (Å²) >= 11 is 12.5. The van der Waals surface area contributed by atoms with E-state index >= 15 is 0 Å². The number of thiophene rings is 1. The average molecular weight is 396 g/mol. The minimum Gasteiger partial charge on any atom is -0.465 e. The van der Waals surface area contributed by atoms with Crippen molar-refractivity contribution in [3.8, 4) is 0 Å². The predicted molar refractivity (Wildman–Crippen MR) is 106 cm³/mol. The Hall–Kier alpha value is -1.94. The van der Waals surface area contributed by atoms with E-state index in [1.165, 1.54) is 23.3 Å². The molecule has 0 spiro atoms. The molecule has 2 unspecified atom stereocenters. The molecule has 2 aromatic rings. The molecule has 0 aliphatic carbocycles. The maximum Gasteiger partial charge on any atom is 0.411 e. The molecule has 1 aliphatic rings. The van der Waals surface area contributed by atoms with E-state index < -0.39 is 12.3 Å². The van der Waals surface area contributed by atoms with Gasteiger partial charge >= 0.3 is 6.09 Å². The third-order valence-electron chi connectivity index (χ3n) is 3.90. The summed E-state index contributed by atoms with van der Waals surface area (Å²) in [5.41, 5.74) is 7.16. The summed E-state index contributed by atoms with van der Waals surface area (Å²) in [5.74, 6) is 0.177. The average Bonchev–Trinajstić information content (AvgIpc) is 3.00. The molecule has 3 heterocycles. The SMILES string of the molecule is CC(C1=NC(N)C(=S)C(Cl)=N1)c1cc2c(N(C)C(=O)O)csc2cn1. The number of hydrogen-bond acceptors (Lipinski definition) is 7. The highest BCUT2D eigenvalue weighted by molar-refractivity contribution is 7.82. The predicted octanol–water partition coefficient (Wildman–Crippen LogP) is 3.22. The van der Waals surface area contributed by atoms with Crippen LogP contribution in [0.5, 0.6) is 0 Å². The fourth-order valence-electron chi connectivity index (χ4n) is 2.38. The van der Waals surface area contributed by atoms with Crippen molar-refractivity contribution in [3.05, 3.63) is 23.3 Å². The van der Waals surface area contributed by atoms with Crippen LogP contribution in [0.25, 0.3) is 10.1 Å². The zero-order valence-electron chi connectivity index (χ0n) is 13.3. The first kappa shape index (κ1) is 17.9. The van der Waals surface area contributed by atoms with Gasteiger partial charge in [-0.25, -0.2) is 14.8 Å². The van der Waals surface area contributed by atoms with Crippen molar-refractivity contribution in [1.82, 2.24) is 4.98 Å². The number of aliphatic imine (C=N–C) groups is 2. The second kappa shape index (κ2) is 6.75. The lowest BCUT2D eigenvalue weighted by atomic mass is 10.0. The number of amidine groups is 1. The smallest absolute Gasteiger partial charge is 0.411 e. The summed E-state index contributed by atoms with van der Waals surface area (Å²) in [4.78, 5) is 25.7. The molecule has 130 valence electrons. The number of hydrogen-bond donors (Lipinski definition) is 2. The minimum atomic E-state index is -1.03. The Morgan fingerprint density at radius 3 is 2.92 bits per heavy atom. The molecule has 1 aliphatic heterocycles. The largest absolute Gasteiger partial charge is 0.465 e. The molecule has 7 nitrogen and oxygen atoms in total. The topological polar surface area (TPSA) is 104 Å². The number of rotatable bonds is 3. The third kappa shape index (κ3) is 3.28. The van der Waals surface area contributed by atoms with Crippen molar-refractivity contribution in [2.75, 3.05) is 11.9 Å². The van der Waals surface area contributed by atoms with Gasteiger partial charge in [0.25, 0.3) is 0 Å². The normalized spacial score (nSPS) is 18.7. The monoisotopic (exact) mass is 395 g/mol. The Kier molecular flexibility index (Phi) is 4.83. The van der Waals surface area contributed by atoms with E-state index in [0.29, 0.717) is 22.1 Å². The zero-order chi connectivity index (χ0) is 18.3. The lowest BCUT2D eigenvalue weighted by molar-refractivity contribution is 0.203. The molecule has 0 radical (unpaired) electrons. The molecule has 2 atom stereocenters. The lowest BCUT2D eigenvalue weighted by Crippen LogP contribution is -2.36. The van der Waals surface area contributed by atoms with E-state index in [2.05, 4.69) is 15.0 Å². The lowest BCUT2D eigenvalue weighted by Gasteiger charge is -2.19. The number of aromatic nitrogens is 1. The molecule has 0 bridgehead atoms. The Labute approximate surface area is 157 Å². The van der Waals surface area contributed by atoms with Crippen molar-refractivity contribution in [3.63, 3.8) is 0 Å². The number of thiocarbonyl (C=S) groups is 1. The molecule has 0 saturated heterocycles. The van der Waals surface area contributed by atoms with E-state index in [1.807, 2.05) is 13.0 Å². The number of fused-ring (bicyclic) bond motifs is 1. The van der Waals surface area contributed by atoms with Crippen LogP contribution in [0.2, 0.25) is 0 Å². The number of anilines is 1. The van der Waals surface area contributed by atoms with Crippen LogP contribution in [-0.4, -0.2) is 45.3 Å². The number of amides is 1. The van der Waals surface area contributed by atoms with E-state index in [4.69, 9.17) is 29.6 Å². The van der Waals surface area contributed by atoms with Gasteiger partial charge in [0.1, 0.15) is 17.2 Å². The van der Waals surface area contributed by atoms with Crippen LogP contribution in [-0.2, 0) is 0 Å². The number of halogens is 1. The van der Waals surface area contributed by atoms with E-state index in [9.17, 15) is 9.90 Å². The molecular weight excluding hydrogens is 382 g/mol. The molecule has 0 saturated carbocycles. The van der Waals surface area contributed by atoms with Gasteiger partial charge in [-0.05, 0) is 13.0 Å². The third-order valence-corrected chi connectivity index (χ3v) is 5.65. The Morgan fingerprint density at radius 2 is 2.28 bits per heavy atom. The second-order valence-corrected chi connectivity index (χ2v) is 7.20. The van der Waals surface area contributed by atoms with Gasteiger partial charge in [-0.1, -0.05) is 23.8 Å². The van der Waals surface area contributed by atoms with Gasteiger partial charge in [0, 0.05) is 24.0 Å². The van der Waals surface area contributed by atoms with Gasteiger partial charge in [0.2, 0.25) is 0 Å². The summed E-state index contributed by atoms with van der Waals surface area (Å²) in [6.45, 7) is 1.88. The molecule has 0 fully saturated rings. The van der Waals surface area contributed by atoms with Gasteiger partial charge in [0.15, 0.2) is 0 Å². The molecule has 25 heavy (non-hydrogen) atoms. The fraction of sp³-hybridized carbons (Fsp3) is 0.267. The van der Waals surface area contributed by atoms with Gasteiger partial charge in [-0.2, -0.15) is 0 Å². The molecule has 1 amide bonds. The van der Waals surface area contributed by atoms with E-state index in [0.717, 1.165) is 10.1 Å². The summed E-state index contributed by atoms with van der Waals surface area (Å²) < 4.78 is 0.893. The van der Waals surface area contributed by atoms with Crippen molar-refractivity contribution < 1.29 is 9.90 Å². The first-order valence-electron chi connectivity index (χ1n) is 7.25. The van der Waals surface area contributed by atoms with Crippen molar-refractivity contribution in [1.29, 1.82) is 0 Å². The number of carbonyl (C=O) groups is 1. The quantitative estimate of drug-likeness (QED) is 0.776. The number of pyridine rings is 1. The second-order valence-electron chi connectivity index (χ2n) is 5.49. The highest BCUT2D eigenvalue weighted by Crippen LogP contribution is 2.34. The number of carboxylic acid groups (broad SMARTS) is 1. The van der Waals surface area contributed by atoms with Crippen LogP contribution in [0, 0.1) is 0 Å². The molecule has 3 rings (SSSR count). The zero-order valence-corrected chi connectivity index (χ0v) is 15.7. The summed E-state index contributed by atoms with van der Waals surface area (Å²) in [7, 11) is 1.50. The Morgan fingerprint density at radius 1 is 1.56 bits per heavy atom. The van der Waals surface area contributed by atoms with Crippen molar-refractivity contribution in [2.24, 2.45) is 15.7 Å². The van der Waals surface area contributed by atoms with Crippen molar-refractivity contribution in [2.45, 2.75) is 19.0 Å². The number of nitrogens with two attached hydrogens (primary N) is 1.